The number of rotatable bonds is 6. The Morgan fingerprint density at radius 3 is 2.73 bits per heavy atom. The van der Waals surface area contributed by atoms with E-state index < -0.39 is 9.84 Å². The number of methoxy groups -OCH3 is 1. The Morgan fingerprint density at radius 1 is 1.50 bits per heavy atom. The summed E-state index contributed by atoms with van der Waals surface area (Å²) >= 11 is 1.51. The summed E-state index contributed by atoms with van der Waals surface area (Å²) in [5, 5.41) is 0. The van der Waals surface area contributed by atoms with Gasteiger partial charge in [-0.15, -0.1) is 11.3 Å². The van der Waals surface area contributed by atoms with E-state index in [4.69, 9.17) is 4.74 Å². The third-order valence-corrected chi connectivity index (χ3v) is 7.12. The second-order valence-electron chi connectivity index (χ2n) is 5.62. The van der Waals surface area contributed by atoms with Gasteiger partial charge in [0.05, 0.1) is 23.0 Å². The first-order chi connectivity index (χ1) is 10.4. The van der Waals surface area contributed by atoms with Gasteiger partial charge in [0.15, 0.2) is 9.84 Å². The zero-order valence-electron chi connectivity index (χ0n) is 13.3. The summed E-state index contributed by atoms with van der Waals surface area (Å²) < 4.78 is 28.5. The van der Waals surface area contributed by atoms with Gasteiger partial charge in [-0.05, 0) is 31.4 Å². The minimum absolute atomic E-state index is 0.0629. The number of carbonyl (C=O) groups is 1. The normalized spacial score (nSPS) is 20.2. The molecule has 2 rings (SSSR count). The molecule has 0 bridgehead atoms. The Kier molecular flexibility index (Phi) is 5.63. The van der Waals surface area contributed by atoms with Crippen LogP contribution in [0, 0.1) is 6.92 Å². The average Bonchev–Trinajstić information content (AvgIpc) is 3.01. The maximum Gasteiger partial charge on any atom is 0.264 e. The predicted octanol–water partition coefficient (Wildman–Crippen LogP) is 1.89. The number of amides is 1. The summed E-state index contributed by atoms with van der Waals surface area (Å²) in [5.74, 6) is 0.151. The van der Waals surface area contributed by atoms with Crippen molar-refractivity contribution in [2.24, 2.45) is 0 Å². The van der Waals surface area contributed by atoms with Crippen LogP contribution in [0.5, 0.6) is 0 Å². The van der Waals surface area contributed by atoms with E-state index >= 15 is 0 Å². The molecule has 2 heterocycles. The Balaban J connectivity index is 2.22. The van der Waals surface area contributed by atoms with Crippen LogP contribution in [-0.4, -0.2) is 57.0 Å². The molecule has 0 unspecified atom stereocenters. The third kappa shape index (κ3) is 3.88. The fourth-order valence-electron chi connectivity index (χ4n) is 2.78. The number of ether oxygens (including phenoxy) is 1. The summed E-state index contributed by atoms with van der Waals surface area (Å²) in [6.07, 6.45) is 1.42. The van der Waals surface area contributed by atoms with Crippen LogP contribution in [0.15, 0.2) is 6.07 Å². The Morgan fingerprint density at radius 2 is 2.23 bits per heavy atom. The number of thiophene rings is 1. The SMILES string of the molecule is CCc1sc(C(=O)N(CCOC)[C@H]2CCS(=O)(=O)C2)cc1C. The number of hydrogen-bond donors (Lipinski definition) is 0. The Bertz CT molecular complexity index is 636. The highest BCUT2D eigenvalue weighted by Gasteiger charge is 2.35. The van der Waals surface area contributed by atoms with Crippen molar-refractivity contribution in [2.75, 3.05) is 31.8 Å². The Labute approximate surface area is 136 Å². The highest BCUT2D eigenvalue weighted by molar-refractivity contribution is 7.91. The second kappa shape index (κ2) is 7.10. The van der Waals surface area contributed by atoms with Crippen molar-refractivity contribution in [3.8, 4) is 0 Å². The van der Waals surface area contributed by atoms with Crippen molar-refractivity contribution in [1.82, 2.24) is 4.90 Å². The van der Waals surface area contributed by atoms with Crippen molar-refractivity contribution in [1.29, 1.82) is 0 Å². The average molecular weight is 345 g/mol. The van der Waals surface area contributed by atoms with E-state index in [2.05, 4.69) is 6.92 Å². The molecule has 5 nitrogen and oxygen atoms in total. The molecule has 1 aromatic rings. The molecule has 0 N–H and O–H groups in total. The zero-order chi connectivity index (χ0) is 16.3. The maximum atomic E-state index is 12.8. The molecular weight excluding hydrogens is 322 g/mol. The van der Waals surface area contributed by atoms with Crippen LogP contribution >= 0.6 is 11.3 Å². The van der Waals surface area contributed by atoms with Gasteiger partial charge in [-0.25, -0.2) is 8.42 Å². The molecule has 0 aromatic carbocycles. The molecule has 1 aliphatic rings. The van der Waals surface area contributed by atoms with Crippen molar-refractivity contribution >= 4 is 27.1 Å². The highest BCUT2D eigenvalue weighted by atomic mass is 32.2. The van der Waals surface area contributed by atoms with Gasteiger partial charge in [0.2, 0.25) is 0 Å². The van der Waals surface area contributed by atoms with Crippen LogP contribution in [0.4, 0.5) is 0 Å². The lowest BCUT2D eigenvalue weighted by molar-refractivity contribution is 0.0629. The fraction of sp³-hybridized carbons (Fsp3) is 0.667. The first kappa shape index (κ1) is 17.4. The lowest BCUT2D eigenvalue weighted by Crippen LogP contribution is -2.42. The zero-order valence-corrected chi connectivity index (χ0v) is 14.9. The van der Waals surface area contributed by atoms with Crippen LogP contribution in [-0.2, 0) is 21.0 Å². The smallest absolute Gasteiger partial charge is 0.264 e. The van der Waals surface area contributed by atoms with Crippen molar-refractivity contribution in [3.05, 3.63) is 21.4 Å². The molecule has 1 fully saturated rings. The number of nitrogens with zero attached hydrogens (tertiary/aromatic N) is 1. The number of carbonyl (C=O) groups excluding carboxylic acids is 1. The van der Waals surface area contributed by atoms with Gasteiger partial charge in [0.1, 0.15) is 0 Å². The molecule has 0 spiro atoms. The molecule has 1 aliphatic heterocycles. The van der Waals surface area contributed by atoms with E-state index in [-0.39, 0.29) is 23.5 Å². The van der Waals surface area contributed by atoms with E-state index in [1.54, 1.807) is 12.0 Å². The first-order valence-electron chi connectivity index (χ1n) is 7.47. The number of sulfone groups is 1. The minimum Gasteiger partial charge on any atom is -0.383 e. The van der Waals surface area contributed by atoms with Crippen LogP contribution in [0.1, 0.15) is 33.5 Å². The van der Waals surface area contributed by atoms with Gasteiger partial charge in [-0.3, -0.25) is 4.79 Å². The van der Waals surface area contributed by atoms with Gasteiger partial charge in [0, 0.05) is 24.6 Å². The van der Waals surface area contributed by atoms with Gasteiger partial charge in [0.25, 0.3) is 5.91 Å². The predicted molar refractivity (Wildman–Crippen MR) is 88.4 cm³/mol. The number of hydrogen-bond acceptors (Lipinski definition) is 5. The quantitative estimate of drug-likeness (QED) is 0.790. The van der Waals surface area contributed by atoms with Gasteiger partial charge < -0.3 is 9.64 Å². The van der Waals surface area contributed by atoms with Gasteiger partial charge >= 0.3 is 0 Å². The van der Waals surface area contributed by atoms with E-state index in [1.165, 1.54) is 16.2 Å². The molecule has 22 heavy (non-hydrogen) atoms. The van der Waals surface area contributed by atoms with Crippen LogP contribution in [0.25, 0.3) is 0 Å². The molecule has 1 saturated heterocycles. The van der Waals surface area contributed by atoms with Crippen molar-refractivity contribution in [2.45, 2.75) is 32.7 Å². The van der Waals surface area contributed by atoms with Crippen LogP contribution < -0.4 is 0 Å². The molecule has 1 atom stereocenters. The fourth-order valence-corrected chi connectivity index (χ4v) is 5.58. The molecular formula is C15H23NO4S2. The maximum absolute atomic E-state index is 12.8. The van der Waals surface area contributed by atoms with E-state index in [9.17, 15) is 13.2 Å². The largest absolute Gasteiger partial charge is 0.383 e. The molecule has 1 amide bonds. The second-order valence-corrected chi connectivity index (χ2v) is 8.98. The van der Waals surface area contributed by atoms with E-state index in [0.717, 1.165) is 12.0 Å². The molecule has 1 aromatic heterocycles. The molecule has 0 radical (unpaired) electrons. The molecule has 124 valence electrons. The van der Waals surface area contributed by atoms with E-state index in [0.29, 0.717) is 24.4 Å². The minimum atomic E-state index is -3.02. The van der Waals surface area contributed by atoms with Crippen LogP contribution in [0.2, 0.25) is 0 Å². The van der Waals surface area contributed by atoms with Crippen molar-refractivity contribution in [3.63, 3.8) is 0 Å². The summed E-state index contributed by atoms with van der Waals surface area (Å²) in [6.45, 7) is 4.91. The Hall–Kier alpha value is -0.920. The highest BCUT2D eigenvalue weighted by Crippen LogP contribution is 2.26. The number of aryl methyl sites for hydroxylation is 2. The van der Waals surface area contributed by atoms with Gasteiger partial charge in [-0.2, -0.15) is 0 Å². The summed E-state index contributed by atoms with van der Waals surface area (Å²) in [4.78, 5) is 16.4. The van der Waals surface area contributed by atoms with Crippen LogP contribution in [0.3, 0.4) is 0 Å². The summed E-state index contributed by atoms with van der Waals surface area (Å²) in [5.41, 5.74) is 1.13. The monoisotopic (exact) mass is 345 g/mol. The summed E-state index contributed by atoms with van der Waals surface area (Å²) in [6, 6.07) is 1.68. The van der Waals surface area contributed by atoms with Crippen molar-refractivity contribution < 1.29 is 17.9 Å². The van der Waals surface area contributed by atoms with Gasteiger partial charge in [-0.1, -0.05) is 6.92 Å². The molecule has 7 heteroatoms. The van der Waals surface area contributed by atoms with E-state index in [1.807, 2.05) is 13.0 Å². The lowest BCUT2D eigenvalue weighted by atomic mass is 10.2. The molecule has 0 saturated carbocycles. The summed E-state index contributed by atoms with van der Waals surface area (Å²) in [7, 11) is -1.44. The molecule has 0 aliphatic carbocycles. The topological polar surface area (TPSA) is 63.7 Å². The third-order valence-electron chi connectivity index (χ3n) is 4.00. The standard InChI is InChI=1S/C15H23NO4S2/c1-4-13-11(2)9-14(21-13)15(17)16(6-7-20-3)12-5-8-22(18,19)10-12/h9,12H,4-8,10H2,1-3H3/t12-/m0/s1. The first-order valence-corrected chi connectivity index (χ1v) is 10.1. The lowest BCUT2D eigenvalue weighted by Gasteiger charge is -2.27.